The molecule has 0 unspecified atom stereocenters. The number of hydrogen-bond acceptors (Lipinski definition) is 3. The molecule has 0 aromatic heterocycles. The highest BCUT2D eigenvalue weighted by molar-refractivity contribution is 7.92. The van der Waals surface area contributed by atoms with Gasteiger partial charge in [-0.3, -0.25) is 4.72 Å². The first kappa shape index (κ1) is 14.6. The quantitative estimate of drug-likeness (QED) is 0.942. The van der Waals surface area contributed by atoms with Crippen LogP contribution in [-0.4, -0.2) is 15.5 Å². The second kappa shape index (κ2) is 5.68. The monoisotopic (exact) mass is 315 g/mol. The first-order valence-corrected chi connectivity index (χ1v) is 7.40. The molecule has 0 saturated heterocycles. The fourth-order valence-electron chi connectivity index (χ4n) is 1.56. The van der Waals surface area contributed by atoms with Crippen molar-refractivity contribution >= 4 is 27.3 Å². The second-order valence-electron chi connectivity index (χ2n) is 3.91. The van der Waals surface area contributed by atoms with Crippen molar-refractivity contribution in [1.29, 1.82) is 0 Å². The Bertz CT molecular complexity index is 717. The number of nitrogens with one attached hydrogen (secondary N) is 1. The van der Waals surface area contributed by atoms with E-state index in [0.29, 0.717) is 11.4 Å². The number of sulfonamides is 1. The van der Waals surface area contributed by atoms with Crippen molar-refractivity contribution in [2.75, 3.05) is 11.8 Å². The molecule has 1 N–H and O–H groups in total. The predicted octanol–water partition coefficient (Wildman–Crippen LogP) is 3.29. The second-order valence-corrected chi connectivity index (χ2v) is 6.00. The average molecular weight is 316 g/mol. The van der Waals surface area contributed by atoms with E-state index >= 15 is 0 Å². The van der Waals surface area contributed by atoms with E-state index in [1.165, 1.54) is 31.4 Å². The molecule has 20 heavy (non-hydrogen) atoms. The van der Waals surface area contributed by atoms with E-state index < -0.39 is 15.8 Å². The average Bonchev–Trinajstić information content (AvgIpc) is 2.39. The zero-order valence-corrected chi connectivity index (χ0v) is 12.0. The van der Waals surface area contributed by atoms with Gasteiger partial charge in [0.25, 0.3) is 10.0 Å². The minimum atomic E-state index is -3.78. The highest BCUT2D eigenvalue weighted by atomic mass is 35.5. The van der Waals surface area contributed by atoms with Crippen LogP contribution in [0.15, 0.2) is 47.4 Å². The maximum atomic E-state index is 12.8. The standard InChI is InChI=1S/C13H11ClFNO3S/c1-19-13-7-4-10(8-12(13)14)16-20(17,18)11-5-2-9(15)3-6-11/h2-8,16H,1H3. The summed E-state index contributed by atoms with van der Waals surface area (Å²) in [7, 11) is -2.32. The molecule has 0 heterocycles. The number of rotatable bonds is 4. The molecule has 0 aliphatic rings. The smallest absolute Gasteiger partial charge is 0.261 e. The van der Waals surface area contributed by atoms with E-state index in [2.05, 4.69) is 4.72 Å². The van der Waals surface area contributed by atoms with E-state index in [-0.39, 0.29) is 9.92 Å². The van der Waals surface area contributed by atoms with Gasteiger partial charge in [-0.25, -0.2) is 12.8 Å². The van der Waals surface area contributed by atoms with Crippen LogP contribution in [0.5, 0.6) is 5.75 Å². The summed E-state index contributed by atoms with van der Waals surface area (Å²) in [5.41, 5.74) is 0.292. The number of halogens is 2. The lowest BCUT2D eigenvalue weighted by molar-refractivity contribution is 0.415. The van der Waals surface area contributed by atoms with E-state index in [4.69, 9.17) is 16.3 Å². The highest BCUT2D eigenvalue weighted by Gasteiger charge is 2.14. The van der Waals surface area contributed by atoms with Crippen LogP contribution in [0, 0.1) is 5.82 Å². The number of benzene rings is 2. The molecule has 106 valence electrons. The van der Waals surface area contributed by atoms with Gasteiger partial charge in [0.05, 0.1) is 22.7 Å². The van der Waals surface area contributed by atoms with Crippen LogP contribution in [0.2, 0.25) is 5.02 Å². The third-order valence-electron chi connectivity index (χ3n) is 2.53. The van der Waals surface area contributed by atoms with E-state index in [1.54, 1.807) is 6.07 Å². The molecule has 2 rings (SSSR count). The van der Waals surface area contributed by atoms with Crippen molar-refractivity contribution in [2.45, 2.75) is 4.90 Å². The Morgan fingerprint density at radius 3 is 2.35 bits per heavy atom. The molecule has 2 aromatic carbocycles. The Balaban J connectivity index is 2.28. The molecule has 4 nitrogen and oxygen atoms in total. The van der Waals surface area contributed by atoms with Crippen LogP contribution in [0.25, 0.3) is 0 Å². The third kappa shape index (κ3) is 3.20. The zero-order valence-electron chi connectivity index (χ0n) is 10.4. The largest absolute Gasteiger partial charge is 0.495 e. The van der Waals surface area contributed by atoms with Crippen LogP contribution in [0.4, 0.5) is 10.1 Å². The van der Waals surface area contributed by atoms with Gasteiger partial charge in [0.1, 0.15) is 11.6 Å². The van der Waals surface area contributed by atoms with Crippen LogP contribution in [0.1, 0.15) is 0 Å². The van der Waals surface area contributed by atoms with Crippen LogP contribution < -0.4 is 9.46 Å². The first-order valence-electron chi connectivity index (χ1n) is 5.54. The Morgan fingerprint density at radius 2 is 1.80 bits per heavy atom. The van der Waals surface area contributed by atoms with Gasteiger partial charge in [0, 0.05) is 0 Å². The van der Waals surface area contributed by atoms with Gasteiger partial charge in [-0.05, 0) is 42.5 Å². The third-order valence-corrected chi connectivity index (χ3v) is 4.22. The van der Waals surface area contributed by atoms with Crippen molar-refractivity contribution in [3.63, 3.8) is 0 Å². The lowest BCUT2D eigenvalue weighted by atomic mass is 10.3. The molecule has 0 spiro atoms. The molecule has 0 fully saturated rings. The van der Waals surface area contributed by atoms with Gasteiger partial charge in [0.2, 0.25) is 0 Å². The fraction of sp³-hybridized carbons (Fsp3) is 0.0769. The minimum absolute atomic E-state index is 0.0363. The molecular weight excluding hydrogens is 305 g/mol. The minimum Gasteiger partial charge on any atom is -0.495 e. The van der Waals surface area contributed by atoms with Gasteiger partial charge < -0.3 is 4.74 Å². The predicted molar refractivity (Wildman–Crippen MR) is 75.2 cm³/mol. The van der Waals surface area contributed by atoms with Crippen molar-refractivity contribution < 1.29 is 17.5 Å². The number of methoxy groups -OCH3 is 1. The van der Waals surface area contributed by atoms with Gasteiger partial charge in [-0.15, -0.1) is 0 Å². The van der Waals surface area contributed by atoms with Gasteiger partial charge in [-0.1, -0.05) is 11.6 Å². The highest BCUT2D eigenvalue weighted by Crippen LogP contribution is 2.28. The van der Waals surface area contributed by atoms with Crippen molar-refractivity contribution in [2.24, 2.45) is 0 Å². The molecule has 0 atom stereocenters. The summed E-state index contributed by atoms with van der Waals surface area (Å²) >= 11 is 5.92. The summed E-state index contributed by atoms with van der Waals surface area (Å²) in [6.07, 6.45) is 0. The summed E-state index contributed by atoms with van der Waals surface area (Å²) < 4.78 is 44.3. The maximum absolute atomic E-state index is 12.8. The molecule has 0 saturated carbocycles. The lowest BCUT2D eigenvalue weighted by Gasteiger charge is -2.10. The summed E-state index contributed by atoms with van der Waals surface area (Å²) in [6, 6.07) is 9.02. The molecule has 0 radical (unpaired) electrons. The lowest BCUT2D eigenvalue weighted by Crippen LogP contribution is -2.12. The SMILES string of the molecule is COc1ccc(NS(=O)(=O)c2ccc(F)cc2)cc1Cl. The summed E-state index contributed by atoms with van der Waals surface area (Å²) in [6.45, 7) is 0. The summed E-state index contributed by atoms with van der Waals surface area (Å²) in [4.78, 5) is -0.0363. The Morgan fingerprint density at radius 1 is 1.15 bits per heavy atom. The van der Waals surface area contributed by atoms with Crippen LogP contribution >= 0.6 is 11.6 Å². The van der Waals surface area contributed by atoms with Gasteiger partial charge in [-0.2, -0.15) is 0 Å². The Kier molecular flexibility index (Phi) is 4.15. The van der Waals surface area contributed by atoms with E-state index in [0.717, 1.165) is 12.1 Å². The summed E-state index contributed by atoms with van der Waals surface area (Å²) in [5.74, 6) is -0.0622. The van der Waals surface area contributed by atoms with Crippen LogP contribution in [0.3, 0.4) is 0 Å². The molecule has 0 amide bonds. The Hall–Kier alpha value is -1.79. The number of anilines is 1. The molecule has 7 heteroatoms. The summed E-state index contributed by atoms with van der Waals surface area (Å²) in [5, 5.41) is 0.284. The number of hydrogen-bond donors (Lipinski definition) is 1. The first-order chi connectivity index (χ1) is 9.42. The fourth-order valence-corrected chi connectivity index (χ4v) is 2.86. The topological polar surface area (TPSA) is 55.4 Å². The maximum Gasteiger partial charge on any atom is 0.261 e. The van der Waals surface area contributed by atoms with Crippen molar-refractivity contribution in [1.82, 2.24) is 0 Å². The molecular formula is C13H11ClFNO3S. The Labute approximate surface area is 121 Å². The zero-order chi connectivity index (χ0) is 14.8. The van der Waals surface area contributed by atoms with Crippen molar-refractivity contribution in [3.05, 3.63) is 53.3 Å². The molecule has 2 aromatic rings. The van der Waals surface area contributed by atoms with Gasteiger partial charge >= 0.3 is 0 Å². The van der Waals surface area contributed by atoms with E-state index in [1.807, 2.05) is 0 Å². The van der Waals surface area contributed by atoms with Crippen LogP contribution in [-0.2, 0) is 10.0 Å². The van der Waals surface area contributed by atoms with Crippen molar-refractivity contribution in [3.8, 4) is 5.75 Å². The molecule has 0 bridgehead atoms. The number of ether oxygens (including phenoxy) is 1. The molecule has 0 aliphatic heterocycles. The van der Waals surface area contributed by atoms with Gasteiger partial charge in [0.15, 0.2) is 0 Å². The normalized spacial score (nSPS) is 11.2. The molecule has 0 aliphatic carbocycles. The van der Waals surface area contributed by atoms with E-state index in [9.17, 15) is 12.8 Å².